The Balaban J connectivity index is 1.26. The van der Waals surface area contributed by atoms with E-state index in [1.807, 2.05) is 13.1 Å². The third-order valence-corrected chi connectivity index (χ3v) is 9.20. The molecule has 1 N–H and O–H groups in total. The second-order valence-corrected chi connectivity index (χ2v) is 11.8. The van der Waals surface area contributed by atoms with Gasteiger partial charge in [-0.2, -0.15) is 0 Å². The van der Waals surface area contributed by atoms with Crippen LogP contribution in [-0.4, -0.2) is 103 Å². The fourth-order valence-electron chi connectivity index (χ4n) is 6.57. The first-order valence-electron chi connectivity index (χ1n) is 15.4. The zero-order chi connectivity index (χ0) is 28.3. The molecule has 0 spiro atoms. The van der Waals surface area contributed by atoms with Gasteiger partial charge >= 0.3 is 0 Å². The van der Waals surface area contributed by atoms with Gasteiger partial charge in [0.05, 0.1) is 24.2 Å². The Hall–Kier alpha value is -3.01. The van der Waals surface area contributed by atoms with Crippen molar-refractivity contribution >= 4 is 22.5 Å². The van der Waals surface area contributed by atoms with Crippen LogP contribution in [0.25, 0.3) is 22.2 Å². The molecule has 6 rings (SSSR count). The van der Waals surface area contributed by atoms with Crippen molar-refractivity contribution in [3.63, 3.8) is 0 Å². The number of rotatable bonds is 7. The zero-order valence-electron chi connectivity index (χ0n) is 25.2. The van der Waals surface area contributed by atoms with Gasteiger partial charge in [0.15, 0.2) is 0 Å². The Morgan fingerprint density at radius 3 is 2.44 bits per heavy atom. The minimum absolute atomic E-state index is 0.354. The van der Waals surface area contributed by atoms with Crippen molar-refractivity contribution in [2.75, 3.05) is 76.9 Å². The van der Waals surface area contributed by atoms with E-state index in [2.05, 4.69) is 52.2 Å². The first-order valence-corrected chi connectivity index (χ1v) is 15.4. The predicted molar refractivity (Wildman–Crippen MR) is 165 cm³/mol. The number of fused-ring (bicyclic) bond motifs is 1. The van der Waals surface area contributed by atoms with E-state index in [1.165, 1.54) is 44.7 Å². The van der Waals surface area contributed by atoms with Gasteiger partial charge in [-0.3, -0.25) is 9.88 Å². The van der Waals surface area contributed by atoms with E-state index >= 15 is 0 Å². The van der Waals surface area contributed by atoms with Crippen LogP contribution >= 0.6 is 0 Å². The summed E-state index contributed by atoms with van der Waals surface area (Å²) >= 11 is 0. The lowest BCUT2D eigenvalue weighted by atomic mass is 10.00. The van der Waals surface area contributed by atoms with E-state index < -0.39 is 0 Å². The monoisotopic (exact) mass is 559 g/mol. The predicted octanol–water partition coefficient (Wildman–Crippen LogP) is 4.38. The molecule has 3 saturated heterocycles. The number of methoxy groups -OCH3 is 1. The molecule has 0 atom stereocenters. The number of anilines is 2. The highest BCUT2D eigenvalue weighted by Gasteiger charge is 2.28. The summed E-state index contributed by atoms with van der Waals surface area (Å²) in [5.74, 6) is 1.78. The Morgan fingerprint density at radius 2 is 1.73 bits per heavy atom. The van der Waals surface area contributed by atoms with E-state index in [4.69, 9.17) is 24.4 Å². The molecule has 0 bridgehead atoms. The summed E-state index contributed by atoms with van der Waals surface area (Å²) < 4.78 is 11.5. The van der Waals surface area contributed by atoms with Gasteiger partial charge in [-0.05, 0) is 63.8 Å². The summed E-state index contributed by atoms with van der Waals surface area (Å²) in [6.07, 6.45) is 7.10. The van der Waals surface area contributed by atoms with Crippen LogP contribution in [0.5, 0.6) is 5.75 Å². The van der Waals surface area contributed by atoms with Gasteiger partial charge in [0.25, 0.3) is 0 Å². The van der Waals surface area contributed by atoms with Gasteiger partial charge in [-0.15, -0.1) is 0 Å². The summed E-state index contributed by atoms with van der Waals surface area (Å²) in [5.41, 5.74) is 6.83. The molecular formula is C32H45N7O2. The number of pyridine rings is 1. The Morgan fingerprint density at radius 1 is 0.976 bits per heavy atom. The lowest BCUT2D eigenvalue weighted by molar-refractivity contribution is 0.0903. The van der Waals surface area contributed by atoms with Gasteiger partial charge in [0.1, 0.15) is 22.6 Å². The van der Waals surface area contributed by atoms with Crippen molar-refractivity contribution in [2.45, 2.75) is 58.0 Å². The molecule has 3 aromatic rings. The summed E-state index contributed by atoms with van der Waals surface area (Å²) in [4.78, 5) is 22.6. The van der Waals surface area contributed by atoms with Crippen molar-refractivity contribution < 1.29 is 9.47 Å². The van der Waals surface area contributed by atoms with Crippen LogP contribution in [0.1, 0.15) is 44.0 Å². The fourth-order valence-corrected chi connectivity index (χ4v) is 6.57. The summed E-state index contributed by atoms with van der Waals surface area (Å²) in [6, 6.07) is 7.59. The highest BCUT2D eigenvalue weighted by atomic mass is 16.5. The molecule has 0 amide bonds. The van der Waals surface area contributed by atoms with E-state index in [0.717, 1.165) is 90.7 Å². The van der Waals surface area contributed by atoms with Gasteiger partial charge in [0, 0.05) is 76.3 Å². The van der Waals surface area contributed by atoms with Crippen LogP contribution in [0.4, 0.5) is 11.5 Å². The van der Waals surface area contributed by atoms with Crippen LogP contribution in [0.3, 0.4) is 0 Å². The molecule has 3 aliphatic rings. The van der Waals surface area contributed by atoms with E-state index in [1.54, 1.807) is 7.11 Å². The maximum absolute atomic E-state index is 5.97. The maximum atomic E-state index is 5.97. The number of ether oxygens (including phenoxy) is 2. The third kappa shape index (κ3) is 5.98. The number of nitrogens with one attached hydrogen (secondary N) is 1. The molecular weight excluding hydrogens is 514 g/mol. The Bertz CT molecular complexity index is 1340. The van der Waals surface area contributed by atoms with Gasteiger partial charge < -0.3 is 24.6 Å². The molecule has 1 aromatic carbocycles. The van der Waals surface area contributed by atoms with Crippen molar-refractivity contribution in [1.82, 2.24) is 24.8 Å². The molecule has 0 aliphatic carbocycles. The number of likely N-dealkylation sites (N-methyl/N-ethyl adjacent to an activating group) is 1. The first-order chi connectivity index (χ1) is 20.0. The Labute approximate surface area is 244 Å². The van der Waals surface area contributed by atoms with Gasteiger partial charge in [0.2, 0.25) is 0 Å². The minimum Gasteiger partial charge on any atom is -0.495 e. The van der Waals surface area contributed by atoms with Crippen LogP contribution in [0.2, 0.25) is 0 Å². The number of aryl methyl sites for hydroxylation is 2. The molecule has 3 aliphatic heterocycles. The molecule has 9 nitrogen and oxygen atoms in total. The number of piperidine rings is 1. The van der Waals surface area contributed by atoms with Crippen LogP contribution in [0, 0.1) is 6.92 Å². The molecule has 3 fully saturated rings. The molecule has 9 heteroatoms. The molecule has 0 unspecified atom stereocenters. The standard InChI is InChI=1S/C32H45N7O2/c1-5-27-32(34-24-10-18-41-19-11-24)36-31-26(21-33-22(2)30(31)35-27)23-6-7-28(29(20-23)40-4)39-12-8-25(9-13-39)38-16-14-37(3)15-17-38/h6-7,20-21,24-25H,5,8-19H2,1-4H3,(H,34,36). The minimum atomic E-state index is 0.354. The zero-order valence-corrected chi connectivity index (χ0v) is 25.2. The number of piperazine rings is 1. The molecule has 5 heterocycles. The second-order valence-electron chi connectivity index (χ2n) is 11.8. The number of benzene rings is 1. The SMILES string of the molecule is CCc1nc2c(C)ncc(-c3ccc(N4CCC(N5CCN(C)CC5)CC4)c(OC)c3)c2nc1NC1CCOCC1. The molecule has 2 aromatic heterocycles. The average molecular weight is 560 g/mol. The number of aromatic nitrogens is 3. The largest absolute Gasteiger partial charge is 0.495 e. The molecule has 0 radical (unpaired) electrons. The average Bonchev–Trinajstić information content (AvgIpc) is 3.02. The van der Waals surface area contributed by atoms with Crippen LogP contribution in [0.15, 0.2) is 24.4 Å². The van der Waals surface area contributed by atoms with Crippen molar-refractivity contribution in [3.05, 3.63) is 35.8 Å². The van der Waals surface area contributed by atoms with Crippen LogP contribution < -0.4 is 15.0 Å². The quantitative estimate of drug-likeness (QED) is 0.454. The van der Waals surface area contributed by atoms with Gasteiger partial charge in [-0.25, -0.2) is 9.97 Å². The van der Waals surface area contributed by atoms with Gasteiger partial charge in [-0.1, -0.05) is 13.0 Å². The van der Waals surface area contributed by atoms with Crippen LogP contribution in [-0.2, 0) is 11.2 Å². The Kier molecular flexibility index (Phi) is 8.55. The topological polar surface area (TPSA) is 78.9 Å². The summed E-state index contributed by atoms with van der Waals surface area (Å²) in [6.45, 7) is 12.5. The highest BCUT2D eigenvalue weighted by Crippen LogP contribution is 2.37. The number of hydrogen-bond acceptors (Lipinski definition) is 9. The lowest BCUT2D eigenvalue weighted by Crippen LogP contribution is -2.52. The lowest BCUT2D eigenvalue weighted by Gasteiger charge is -2.42. The normalized spacial score (nSPS) is 20.0. The first kappa shape index (κ1) is 28.1. The summed E-state index contributed by atoms with van der Waals surface area (Å²) in [7, 11) is 4.00. The fraction of sp³-hybridized carbons (Fsp3) is 0.594. The van der Waals surface area contributed by atoms with E-state index in [0.29, 0.717) is 12.1 Å². The third-order valence-electron chi connectivity index (χ3n) is 9.20. The second kappa shape index (κ2) is 12.5. The van der Waals surface area contributed by atoms with E-state index in [9.17, 15) is 0 Å². The molecule has 41 heavy (non-hydrogen) atoms. The van der Waals surface area contributed by atoms with Crippen molar-refractivity contribution in [2.24, 2.45) is 0 Å². The smallest absolute Gasteiger partial charge is 0.148 e. The summed E-state index contributed by atoms with van der Waals surface area (Å²) in [5, 5.41) is 3.68. The highest BCUT2D eigenvalue weighted by molar-refractivity contribution is 5.93. The number of hydrogen-bond donors (Lipinski definition) is 1. The maximum Gasteiger partial charge on any atom is 0.148 e. The van der Waals surface area contributed by atoms with Crippen molar-refractivity contribution in [3.8, 4) is 16.9 Å². The van der Waals surface area contributed by atoms with Crippen molar-refractivity contribution in [1.29, 1.82) is 0 Å². The number of nitrogens with zero attached hydrogens (tertiary/aromatic N) is 6. The molecule has 0 saturated carbocycles. The van der Waals surface area contributed by atoms with E-state index in [-0.39, 0.29) is 0 Å². The molecule has 220 valence electrons.